The Bertz CT molecular complexity index is 821. The molecular formula is C19H22N4O2. The summed E-state index contributed by atoms with van der Waals surface area (Å²) >= 11 is 0. The molecule has 1 saturated carbocycles. The van der Waals surface area contributed by atoms with Gasteiger partial charge in [-0.2, -0.15) is 5.10 Å². The third-order valence-corrected chi connectivity index (χ3v) is 5.32. The van der Waals surface area contributed by atoms with E-state index < -0.39 is 0 Å². The van der Waals surface area contributed by atoms with Crippen molar-refractivity contribution in [1.82, 2.24) is 10.2 Å². The molecule has 0 atom stereocenters. The summed E-state index contributed by atoms with van der Waals surface area (Å²) in [5.74, 6) is 1.04. The Kier molecular flexibility index (Phi) is 4.03. The number of rotatable bonds is 3. The van der Waals surface area contributed by atoms with E-state index in [1.165, 1.54) is 25.7 Å². The molecule has 0 unspecified atom stereocenters. The van der Waals surface area contributed by atoms with Crippen LogP contribution in [0.25, 0.3) is 0 Å². The molecule has 2 aromatic rings. The summed E-state index contributed by atoms with van der Waals surface area (Å²) in [4.78, 5) is 25.9. The quantitative estimate of drug-likeness (QED) is 0.902. The van der Waals surface area contributed by atoms with Crippen molar-refractivity contribution >= 4 is 23.3 Å². The average molecular weight is 338 g/mol. The van der Waals surface area contributed by atoms with Gasteiger partial charge in [-0.05, 0) is 43.0 Å². The van der Waals surface area contributed by atoms with E-state index in [1.54, 1.807) is 18.0 Å². The summed E-state index contributed by atoms with van der Waals surface area (Å²) in [6.07, 6.45) is 6.06. The molecule has 25 heavy (non-hydrogen) atoms. The molecule has 1 fully saturated rings. The van der Waals surface area contributed by atoms with Crippen molar-refractivity contribution in [3.63, 3.8) is 0 Å². The van der Waals surface area contributed by atoms with Gasteiger partial charge >= 0.3 is 0 Å². The third kappa shape index (κ3) is 3.04. The molecule has 1 aliphatic carbocycles. The number of amides is 2. The number of nitrogens with one attached hydrogen (secondary N) is 2. The van der Waals surface area contributed by atoms with E-state index in [-0.39, 0.29) is 11.8 Å². The van der Waals surface area contributed by atoms with Crippen LogP contribution in [-0.2, 0) is 11.2 Å². The molecule has 1 aromatic carbocycles. The van der Waals surface area contributed by atoms with Crippen molar-refractivity contribution in [1.29, 1.82) is 0 Å². The summed E-state index contributed by atoms with van der Waals surface area (Å²) < 4.78 is 0. The van der Waals surface area contributed by atoms with Crippen LogP contribution in [0.5, 0.6) is 0 Å². The fourth-order valence-electron chi connectivity index (χ4n) is 3.83. The van der Waals surface area contributed by atoms with Crippen molar-refractivity contribution in [2.24, 2.45) is 0 Å². The first-order valence-electron chi connectivity index (χ1n) is 8.88. The molecule has 0 spiro atoms. The SMILES string of the molecule is CN1C(=O)CCc2cc(C(=O)Nc3cc(C4CCCC4)[nH]n3)ccc21. The van der Waals surface area contributed by atoms with Gasteiger partial charge in [0, 0.05) is 42.4 Å². The largest absolute Gasteiger partial charge is 0.315 e. The van der Waals surface area contributed by atoms with Gasteiger partial charge in [0.15, 0.2) is 5.82 Å². The maximum atomic E-state index is 12.5. The minimum atomic E-state index is -0.174. The molecular weight excluding hydrogens is 316 g/mol. The van der Waals surface area contributed by atoms with E-state index in [9.17, 15) is 9.59 Å². The summed E-state index contributed by atoms with van der Waals surface area (Å²) in [5, 5.41) is 10.1. The highest BCUT2D eigenvalue weighted by molar-refractivity contribution is 6.05. The van der Waals surface area contributed by atoms with E-state index in [0.29, 0.717) is 30.1 Å². The smallest absolute Gasteiger partial charge is 0.256 e. The number of hydrogen-bond donors (Lipinski definition) is 2. The Morgan fingerprint density at radius 2 is 2.04 bits per heavy atom. The molecule has 6 heteroatoms. The summed E-state index contributed by atoms with van der Waals surface area (Å²) in [5.41, 5.74) is 3.62. The average Bonchev–Trinajstić information content (AvgIpc) is 3.29. The van der Waals surface area contributed by atoms with E-state index in [1.807, 2.05) is 18.2 Å². The van der Waals surface area contributed by atoms with E-state index in [0.717, 1.165) is 16.9 Å². The molecule has 0 bridgehead atoms. The van der Waals surface area contributed by atoms with Crippen LogP contribution in [0, 0.1) is 0 Å². The highest BCUT2D eigenvalue weighted by Crippen LogP contribution is 2.33. The fourth-order valence-corrected chi connectivity index (χ4v) is 3.83. The minimum absolute atomic E-state index is 0.112. The first-order chi connectivity index (χ1) is 12.1. The molecule has 6 nitrogen and oxygen atoms in total. The zero-order chi connectivity index (χ0) is 17.4. The van der Waals surface area contributed by atoms with Gasteiger partial charge in [0.1, 0.15) is 0 Å². The van der Waals surface area contributed by atoms with Gasteiger partial charge in [-0.1, -0.05) is 12.8 Å². The predicted molar refractivity (Wildman–Crippen MR) is 95.9 cm³/mol. The number of aromatic nitrogens is 2. The molecule has 0 saturated heterocycles. The Labute approximate surface area is 146 Å². The Balaban J connectivity index is 1.49. The fraction of sp³-hybridized carbons (Fsp3) is 0.421. The summed E-state index contributed by atoms with van der Waals surface area (Å²) in [6.45, 7) is 0. The molecule has 130 valence electrons. The number of H-pyrrole nitrogens is 1. The normalized spacial score (nSPS) is 17.6. The van der Waals surface area contributed by atoms with Gasteiger partial charge in [0.25, 0.3) is 5.91 Å². The number of benzene rings is 1. The molecule has 0 radical (unpaired) electrons. The van der Waals surface area contributed by atoms with Gasteiger partial charge in [-0.3, -0.25) is 14.7 Å². The zero-order valence-corrected chi connectivity index (χ0v) is 14.3. The monoisotopic (exact) mass is 338 g/mol. The van der Waals surface area contributed by atoms with Gasteiger partial charge < -0.3 is 10.2 Å². The summed E-state index contributed by atoms with van der Waals surface area (Å²) in [7, 11) is 1.77. The number of nitrogens with zero attached hydrogens (tertiary/aromatic N) is 2. The molecule has 4 rings (SSSR count). The van der Waals surface area contributed by atoms with Gasteiger partial charge in [0.2, 0.25) is 5.91 Å². The molecule has 1 aromatic heterocycles. The van der Waals surface area contributed by atoms with Gasteiger partial charge in [-0.15, -0.1) is 0 Å². The number of carbonyl (C=O) groups excluding carboxylic acids is 2. The number of anilines is 2. The molecule has 1 aliphatic heterocycles. The number of hydrogen-bond acceptors (Lipinski definition) is 3. The number of fused-ring (bicyclic) bond motifs is 1. The van der Waals surface area contributed by atoms with Crippen LogP contribution in [0.15, 0.2) is 24.3 Å². The highest BCUT2D eigenvalue weighted by Gasteiger charge is 2.23. The Morgan fingerprint density at radius 1 is 1.24 bits per heavy atom. The van der Waals surface area contributed by atoms with Crippen LogP contribution >= 0.6 is 0 Å². The number of aromatic amines is 1. The van der Waals surface area contributed by atoms with Crippen molar-refractivity contribution in [2.75, 3.05) is 17.3 Å². The maximum Gasteiger partial charge on any atom is 0.256 e. The number of aryl methyl sites for hydroxylation is 1. The van der Waals surface area contributed by atoms with Gasteiger partial charge in [-0.25, -0.2) is 0 Å². The Morgan fingerprint density at radius 3 is 2.84 bits per heavy atom. The molecule has 2 amide bonds. The lowest BCUT2D eigenvalue weighted by molar-refractivity contribution is -0.118. The molecule has 2 aliphatic rings. The van der Waals surface area contributed by atoms with Crippen molar-refractivity contribution in [3.05, 3.63) is 41.1 Å². The van der Waals surface area contributed by atoms with E-state index >= 15 is 0 Å². The first-order valence-corrected chi connectivity index (χ1v) is 8.88. The standard InChI is InChI=1S/C19H22N4O2/c1-23-16-8-6-14(10-13(16)7-9-18(23)24)19(25)20-17-11-15(21-22-17)12-4-2-3-5-12/h6,8,10-12H,2-5,7,9H2,1H3,(H2,20,21,22,25). The minimum Gasteiger partial charge on any atom is -0.315 e. The van der Waals surface area contributed by atoms with Crippen LogP contribution < -0.4 is 10.2 Å². The van der Waals surface area contributed by atoms with Crippen LogP contribution in [0.3, 0.4) is 0 Å². The highest BCUT2D eigenvalue weighted by atomic mass is 16.2. The van der Waals surface area contributed by atoms with E-state index in [2.05, 4.69) is 15.5 Å². The lowest BCUT2D eigenvalue weighted by Crippen LogP contribution is -2.31. The van der Waals surface area contributed by atoms with Crippen LogP contribution in [0.1, 0.15) is 59.6 Å². The van der Waals surface area contributed by atoms with Crippen LogP contribution in [-0.4, -0.2) is 29.1 Å². The lowest BCUT2D eigenvalue weighted by Gasteiger charge is -2.25. The zero-order valence-electron chi connectivity index (χ0n) is 14.3. The second-order valence-corrected chi connectivity index (χ2v) is 6.94. The topological polar surface area (TPSA) is 78.1 Å². The lowest BCUT2D eigenvalue weighted by atomic mass is 9.99. The van der Waals surface area contributed by atoms with Gasteiger partial charge in [0.05, 0.1) is 0 Å². The maximum absolute atomic E-state index is 12.5. The van der Waals surface area contributed by atoms with Crippen molar-refractivity contribution in [3.8, 4) is 0 Å². The van der Waals surface area contributed by atoms with E-state index in [4.69, 9.17) is 0 Å². The van der Waals surface area contributed by atoms with Crippen molar-refractivity contribution < 1.29 is 9.59 Å². The van der Waals surface area contributed by atoms with Crippen LogP contribution in [0.2, 0.25) is 0 Å². The third-order valence-electron chi connectivity index (χ3n) is 5.32. The molecule has 2 heterocycles. The number of carbonyl (C=O) groups is 2. The van der Waals surface area contributed by atoms with Crippen LogP contribution in [0.4, 0.5) is 11.5 Å². The second-order valence-electron chi connectivity index (χ2n) is 6.94. The first kappa shape index (κ1) is 15.9. The second kappa shape index (κ2) is 6.35. The van der Waals surface area contributed by atoms with Crippen molar-refractivity contribution in [2.45, 2.75) is 44.4 Å². The Hall–Kier alpha value is -2.63. The predicted octanol–water partition coefficient (Wildman–Crippen LogP) is 3.23. The summed E-state index contributed by atoms with van der Waals surface area (Å²) in [6, 6.07) is 7.42. The molecule has 2 N–H and O–H groups in total.